The van der Waals surface area contributed by atoms with Crippen LogP contribution in [0.2, 0.25) is 0 Å². The predicted octanol–water partition coefficient (Wildman–Crippen LogP) is -7.46. The lowest BCUT2D eigenvalue weighted by molar-refractivity contribution is -0.391. The molecule has 0 aromatic heterocycles. The summed E-state index contributed by atoms with van der Waals surface area (Å²) >= 11 is 0. The zero-order valence-corrected chi connectivity index (χ0v) is 20.3. The SMILES string of the molecule is O=P(O)(O)OC[C@H]1OC(O)[C@@H](O[C@H]2O[C@H](CO)[C@@H](O)[C@H](O)[C@@H]2O[C@H]2O[C@H](CO)[C@@H](O)[C@H](O)[C@@H]2O)[C@@H](O)[C@@H]1O. The van der Waals surface area contributed by atoms with Gasteiger partial charge in [0.05, 0.1) is 19.8 Å². The number of aliphatic hydroxyl groups is 10. The molecule has 3 heterocycles. The van der Waals surface area contributed by atoms with E-state index in [4.69, 9.17) is 33.5 Å². The molecular formula is C18H33O19P. The summed E-state index contributed by atoms with van der Waals surface area (Å²) in [6.07, 6.45) is -27.4. The Kier molecular flexibility index (Phi) is 11.0. The molecule has 3 rings (SSSR count). The van der Waals surface area contributed by atoms with E-state index < -0.39 is 120 Å². The Labute approximate surface area is 214 Å². The zero-order valence-electron chi connectivity index (χ0n) is 19.5. The number of rotatable bonds is 9. The second-order valence-corrected chi connectivity index (χ2v) is 10.2. The fourth-order valence-corrected chi connectivity index (χ4v) is 4.52. The van der Waals surface area contributed by atoms with Gasteiger partial charge in [-0.3, -0.25) is 4.52 Å². The van der Waals surface area contributed by atoms with Gasteiger partial charge in [0, 0.05) is 0 Å². The molecular weight excluding hydrogens is 551 g/mol. The van der Waals surface area contributed by atoms with Crippen LogP contribution in [0, 0.1) is 0 Å². The lowest BCUT2D eigenvalue weighted by atomic mass is 9.96. The summed E-state index contributed by atoms with van der Waals surface area (Å²) in [5, 5.41) is 101. The molecule has 0 aromatic carbocycles. The highest BCUT2D eigenvalue weighted by Gasteiger charge is 2.53. The third kappa shape index (κ3) is 7.04. The number of aliphatic hydroxyl groups excluding tert-OH is 10. The summed E-state index contributed by atoms with van der Waals surface area (Å²) in [6.45, 7) is -2.61. The first-order valence-electron chi connectivity index (χ1n) is 11.3. The van der Waals surface area contributed by atoms with Crippen LogP contribution in [0.4, 0.5) is 0 Å². The van der Waals surface area contributed by atoms with Crippen LogP contribution in [0.15, 0.2) is 0 Å². The van der Waals surface area contributed by atoms with Crippen molar-refractivity contribution in [1.29, 1.82) is 0 Å². The van der Waals surface area contributed by atoms with Crippen LogP contribution in [0.5, 0.6) is 0 Å². The van der Waals surface area contributed by atoms with Gasteiger partial charge in [0.1, 0.15) is 73.2 Å². The number of hydrogen-bond donors (Lipinski definition) is 12. The molecule has 0 aromatic rings. The van der Waals surface area contributed by atoms with Crippen molar-refractivity contribution in [2.75, 3.05) is 19.8 Å². The Morgan fingerprint density at radius 1 is 0.579 bits per heavy atom. The number of ether oxygens (including phenoxy) is 5. The number of hydrogen-bond acceptors (Lipinski definition) is 17. The summed E-state index contributed by atoms with van der Waals surface area (Å²) in [5.74, 6) is 0. The molecule has 3 aliphatic heterocycles. The largest absolute Gasteiger partial charge is 0.469 e. The van der Waals surface area contributed by atoms with Crippen molar-refractivity contribution >= 4 is 7.82 Å². The smallest absolute Gasteiger partial charge is 0.394 e. The zero-order chi connectivity index (χ0) is 28.5. The minimum atomic E-state index is -4.99. The van der Waals surface area contributed by atoms with Gasteiger partial charge >= 0.3 is 7.82 Å². The van der Waals surface area contributed by atoms with E-state index in [9.17, 15) is 55.6 Å². The van der Waals surface area contributed by atoms with E-state index in [1.165, 1.54) is 0 Å². The lowest BCUT2D eigenvalue weighted by Gasteiger charge is -2.48. The monoisotopic (exact) mass is 584 g/mol. The summed E-state index contributed by atoms with van der Waals surface area (Å²) in [4.78, 5) is 17.6. The van der Waals surface area contributed by atoms with E-state index in [0.29, 0.717) is 0 Å². The van der Waals surface area contributed by atoms with Gasteiger partial charge in [0.15, 0.2) is 18.9 Å². The standard InChI is InChI=1S/C18H33O19P/c19-1-4-7(21)10(24)13(27)17(34-4)37-15-12(26)8(22)5(2-20)35-18(15)36-14-11(25)9(23)6(33-16(14)28)3-32-38(29,30)31/h4-28H,1-3H2,(H2,29,30,31)/t4-,5-,6-,7-,8-,9-,10+,11+,12+,13+,14+,15+,16?,17-,18-/m1/s1. The van der Waals surface area contributed by atoms with Crippen LogP contribution >= 0.6 is 7.82 Å². The fraction of sp³-hybridized carbons (Fsp3) is 1.00. The molecule has 0 amide bonds. The van der Waals surface area contributed by atoms with E-state index in [1.807, 2.05) is 0 Å². The van der Waals surface area contributed by atoms with E-state index in [2.05, 4.69) is 4.52 Å². The maximum atomic E-state index is 10.9. The van der Waals surface area contributed by atoms with Gasteiger partial charge in [-0.2, -0.15) is 0 Å². The maximum Gasteiger partial charge on any atom is 0.469 e. The van der Waals surface area contributed by atoms with Crippen LogP contribution in [-0.4, -0.2) is 173 Å². The first-order valence-corrected chi connectivity index (χ1v) is 12.9. The highest BCUT2D eigenvalue weighted by Crippen LogP contribution is 2.37. The van der Waals surface area contributed by atoms with Crippen LogP contribution in [-0.2, 0) is 32.8 Å². The molecule has 3 saturated heterocycles. The summed E-state index contributed by atoms with van der Waals surface area (Å²) in [7, 11) is -4.99. The third-order valence-electron chi connectivity index (χ3n) is 6.33. The Morgan fingerprint density at radius 2 is 1.05 bits per heavy atom. The van der Waals surface area contributed by atoms with Crippen molar-refractivity contribution in [2.24, 2.45) is 0 Å². The Hall–Kier alpha value is -0.490. The molecule has 38 heavy (non-hydrogen) atoms. The fourth-order valence-electron chi connectivity index (χ4n) is 4.18. The molecule has 0 saturated carbocycles. The molecule has 0 radical (unpaired) electrons. The Morgan fingerprint density at radius 3 is 1.61 bits per heavy atom. The highest BCUT2D eigenvalue weighted by molar-refractivity contribution is 7.46. The van der Waals surface area contributed by atoms with Gasteiger partial charge < -0.3 is 84.5 Å². The second kappa shape index (κ2) is 13.0. The van der Waals surface area contributed by atoms with Crippen LogP contribution in [0.25, 0.3) is 0 Å². The highest BCUT2D eigenvalue weighted by atomic mass is 31.2. The van der Waals surface area contributed by atoms with Gasteiger partial charge in [-0.05, 0) is 0 Å². The first kappa shape index (κ1) is 32.0. The van der Waals surface area contributed by atoms with E-state index >= 15 is 0 Å². The second-order valence-electron chi connectivity index (χ2n) is 8.94. The van der Waals surface area contributed by atoms with Gasteiger partial charge in [-0.25, -0.2) is 4.57 Å². The van der Waals surface area contributed by atoms with Gasteiger partial charge in [0.25, 0.3) is 0 Å². The minimum absolute atomic E-state index is 0.813. The van der Waals surface area contributed by atoms with Crippen LogP contribution in [0.1, 0.15) is 0 Å². The Balaban J connectivity index is 1.78. The van der Waals surface area contributed by atoms with E-state index in [1.54, 1.807) is 0 Å². The molecule has 3 aliphatic rings. The molecule has 12 N–H and O–H groups in total. The Bertz CT molecular complexity index is 798. The average Bonchev–Trinajstić information content (AvgIpc) is 2.86. The van der Waals surface area contributed by atoms with Crippen molar-refractivity contribution in [3.8, 4) is 0 Å². The van der Waals surface area contributed by atoms with Crippen molar-refractivity contribution in [3.63, 3.8) is 0 Å². The quantitative estimate of drug-likeness (QED) is 0.112. The third-order valence-corrected chi connectivity index (χ3v) is 6.81. The average molecular weight is 584 g/mol. The lowest BCUT2D eigenvalue weighted by Crippen LogP contribution is -2.66. The molecule has 0 bridgehead atoms. The predicted molar refractivity (Wildman–Crippen MR) is 112 cm³/mol. The van der Waals surface area contributed by atoms with Gasteiger partial charge in [-0.15, -0.1) is 0 Å². The molecule has 224 valence electrons. The number of phosphoric ester groups is 1. The van der Waals surface area contributed by atoms with Gasteiger partial charge in [0.2, 0.25) is 0 Å². The maximum absolute atomic E-state index is 10.9. The van der Waals surface area contributed by atoms with Crippen molar-refractivity contribution in [3.05, 3.63) is 0 Å². The van der Waals surface area contributed by atoms with E-state index in [0.717, 1.165) is 0 Å². The molecule has 0 spiro atoms. The van der Waals surface area contributed by atoms with Crippen LogP contribution < -0.4 is 0 Å². The normalized spacial score (nSPS) is 48.7. The molecule has 0 aliphatic carbocycles. The topological polar surface area (TPSA) is 315 Å². The summed E-state index contributed by atoms with van der Waals surface area (Å²) in [5.41, 5.74) is 0. The molecule has 3 fully saturated rings. The summed E-state index contributed by atoms with van der Waals surface area (Å²) < 4.78 is 41.6. The molecule has 1 unspecified atom stereocenters. The first-order chi connectivity index (χ1) is 17.7. The van der Waals surface area contributed by atoms with Crippen molar-refractivity contribution < 1.29 is 93.6 Å². The number of phosphoric acid groups is 1. The molecule has 20 heteroatoms. The van der Waals surface area contributed by atoms with Crippen molar-refractivity contribution in [2.45, 2.75) is 92.1 Å². The molecule has 15 atom stereocenters. The van der Waals surface area contributed by atoms with Gasteiger partial charge in [-0.1, -0.05) is 0 Å². The molecule has 19 nitrogen and oxygen atoms in total. The van der Waals surface area contributed by atoms with Crippen LogP contribution in [0.3, 0.4) is 0 Å². The summed E-state index contributed by atoms with van der Waals surface area (Å²) in [6, 6.07) is 0. The van der Waals surface area contributed by atoms with Crippen molar-refractivity contribution in [1.82, 2.24) is 0 Å². The van der Waals surface area contributed by atoms with E-state index in [-0.39, 0.29) is 0 Å². The minimum Gasteiger partial charge on any atom is -0.394 e.